The van der Waals surface area contributed by atoms with E-state index >= 15 is 0 Å². The highest BCUT2D eigenvalue weighted by Gasteiger charge is 2.34. The van der Waals surface area contributed by atoms with Gasteiger partial charge >= 0.3 is 24.2 Å². The van der Waals surface area contributed by atoms with E-state index in [0.29, 0.717) is 0 Å². The number of allylic oxidation sites excluding steroid dienone is 1. The van der Waals surface area contributed by atoms with E-state index in [-0.39, 0.29) is 25.5 Å². The summed E-state index contributed by atoms with van der Waals surface area (Å²) in [4.78, 5) is 55.3. The van der Waals surface area contributed by atoms with E-state index in [2.05, 4.69) is 27.5 Å². The molecule has 42 heavy (non-hydrogen) atoms. The van der Waals surface area contributed by atoms with E-state index in [4.69, 9.17) is 18.9 Å². The van der Waals surface area contributed by atoms with Crippen LogP contribution in [-0.4, -0.2) is 59.6 Å². The Labute approximate surface area is 248 Å². The van der Waals surface area contributed by atoms with Crippen LogP contribution in [0.25, 0.3) is 0 Å². The average Bonchev–Trinajstić information content (AvgIpc) is 2.81. The molecule has 3 amide bonds. The van der Waals surface area contributed by atoms with E-state index in [1.807, 2.05) is 18.2 Å². The zero-order valence-corrected chi connectivity index (χ0v) is 26.2. The van der Waals surface area contributed by atoms with E-state index < -0.39 is 53.0 Å². The fourth-order valence-corrected chi connectivity index (χ4v) is 3.28. The summed E-state index contributed by atoms with van der Waals surface area (Å²) >= 11 is 0. The second-order valence-electron chi connectivity index (χ2n) is 12.4. The molecule has 1 aromatic rings. The molecule has 1 rings (SSSR count). The number of aliphatic imine (C=N–C) groups is 1. The normalized spacial score (nSPS) is 13.0. The van der Waals surface area contributed by atoms with Crippen molar-refractivity contribution in [2.45, 2.75) is 98.2 Å². The highest BCUT2D eigenvalue weighted by atomic mass is 16.6. The first-order chi connectivity index (χ1) is 19.3. The zero-order chi connectivity index (χ0) is 32.1. The Hall–Kier alpha value is -4.09. The summed E-state index contributed by atoms with van der Waals surface area (Å²) < 4.78 is 21.4. The smallest absolute Gasteiger partial charge is 0.414 e. The van der Waals surface area contributed by atoms with Gasteiger partial charge in [0.1, 0.15) is 29.5 Å². The minimum absolute atomic E-state index is 0.0121. The molecule has 12 nitrogen and oxygen atoms in total. The molecule has 0 saturated heterocycles. The van der Waals surface area contributed by atoms with Gasteiger partial charge in [-0.15, -0.1) is 6.58 Å². The standard InChI is InChI=1S/C30H46N4O8/c1-11-15-21(18-31-24(33-26(37)41-29(5,6)7)34-27(38)42-30(8,9)10)22(23(35)40-28(2,3)4)32-25(36)39-19-20-16-13-12-14-17-20/h11-14,16-17,21-22H,1,15,18-19H2,2-10H3,(H,32,36)(H2,31,33,34,37,38)/t21-,22+/m1/s1. The lowest BCUT2D eigenvalue weighted by Gasteiger charge is -2.28. The second-order valence-corrected chi connectivity index (χ2v) is 12.4. The number of rotatable bonds is 9. The minimum Gasteiger partial charge on any atom is -0.458 e. The van der Waals surface area contributed by atoms with Gasteiger partial charge in [0, 0.05) is 12.5 Å². The van der Waals surface area contributed by atoms with Crippen molar-refractivity contribution in [3.05, 3.63) is 48.6 Å². The van der Waals surface area contributed by atoms with Crippen LogP contribution in [0.1, 0.15) is 74.3 Å². The molecule has 0 unspecified atom stereocenters. The highest BCUT2D eigenvalue weighted by molar-refractivity contribution is 6.01. The molecule has 0 aliphatic rings. The van der Waals surface area contributed by atoms with Crippen molar-refractivity contribution < 1.29 is 38.1 Å². The molecule has 0 saturated carbocycles. The summed E-state index contributed by atoms with van der Waals surface area (Å²) in [6.45, 7) is 18.8. The highest BCUT2D eigenvalue weighted by Crippen LogP contribution is 2.17. The number of guanidine groups is 1. The summed E-state index contributed by atoms with van der Waals surface area (Å²) in [7, 11) is 0. The van der Waals surface area contributed by atoms with Crippen LogP contribution in [0.5, 0.6) is 0 Å². The Morgan fingerprint density at radius 3 is 1.76 bits per heavy atom. The fraction of sp³-hybridized carbons (Fsp3) is 0.567. The molecule has 0 aliphatic heterocycles. The number of carbonyl (C=O) groups excluding carboxylic acids is 4. The summed E-state index contributed by atoms with van der Waals surface area (Å²) in [5.41, 5.74) is -1.73. The predicted octanol–water partition coefficient (Wildman–Crippen LogP) is 5.22. The first-order valence-corrected chi connectivity index (χ1v) is 13.6. The topological polar surface area (TPSA) is 154 Å². The number of ether oxygens (including phenoxy) is 4. The van der Waals surface area contributed by atoms with Crippen LogP contribution in [0.3, 0.4) is 0 Å². The molecule has 0 spiro atoms. The first-order valence-electron chi connectivity index (χ1n) is 13.6. The molecule has 234 valence electrons. The number of carbonyl (C=O) groups is 4. The third kappa shape index (κ3) is 16.2. The number of hydrogen-bond donors (Lipinski definition) is 3. The Balaban J connectivity index is 3.27. The van der Waals surface area contributed by atoms with Crippen LogP contribution < -0.4 is 16.0 Å². The van der Waals surface area contributed by atoms with Gasteiger partial charge in [0.05, 0.1) is 0 Å². The monoisotopic (exact) mass is 590 g/mol. The van der Waals surface area contributed by atoms with E-state index in [1.54, 1.807) is 80.5 Å². The summed E-state index contributed by atoms with van der Waals surface area (Å²) in [5.74, 6) is -1.71. The number of nitrogens with one attached hydrogen (secondary N) is 3. The van der Waals surface area contributed by atoms with Gasteiger partial charge in [-0.3, -0.25) is 15.6 Å². The largest absolute Gasteiger partial charge is 0.458 e. The molecule has 12 heteroatoms. The number of nitrogens with zero attached hydrogens (tertiary/aromatic N) is 1. The average molecular weight is 591 g/mol. The number of amides is 3. The number of hydrogen-bond acceptors (Lipinski definition) is 9. The lowest BCUT2D eigenvalue weighted by Crippen LogP contribution is -2.50. The quantitative estimate of drug-likeness (QED) is 0.116. The molecule has 1 aromatic carbocycles. The van der Waals surface area contributed by atoms with Gasteiger partial charge in [0.25, 0.3) is 0 Å². The molecule has 3 N–H and O–H groups in total. The van der Waals surface area contributed by atoms with Crippen LogP contribution in [-0.2, 0) is 30.3 Å². The van der Waals surface area contributed by atoms with Crippen molar-refractivity contribution >= 4 is 30.2 Å². The minimum atomic E-state index is -1.21. The number of alkyl carbamates (subject to hydrolysis) is 3. The molecule has 0 fully saturated rings. The van der Waals surface area contributed by atoms with Gasteiger partial charge in [-0.2, -0.15) is 0 Å². The number of esters is 1. The third-order valence-corrected chi connectivity index (χ3v) is 4.81. The van der Waals surface area contributed by atoms with E-state index in [1.165, 1.54) is 0 Å². The second kappa shape index (κ2) is 15.8. The van der Waals surface area contributed by atoms with Crippen LogP contribution in [0.4, 0.5) is 14.4 Å². The summed E-state index contributed by atoms with van der Waals surface area (Å²) in [6.07, 6.45) is -0.825. The van der Waals surface area contributed by atoms with Crippen molar-refractivity contribution in [3.8, 4) is 0 Å². The molecule has 0 radical (unpaired) electrons. The Morgan fingerprint density at radius 2 is 1.31 bits per heavy atom. The zero-order valence-electron chi connectivity index (χ0n) is 26.2. The van der Waals surface area contributed by atoms with Crippen molar-refractivity contribution in [2.24, 2.45) is 10.9 Å². The lowest BCUT2D eigenvalue weighted by molar-refractivity contribution is -0.158. The van der Waals surface area contributed by atoms with Crippen LogP contribution in [0.15, 0.2) is 48.0 Å². The SMILES string of the molecule is C=CC[C@H](CN=C(NC(=O)OC(C)(C)C)NC(=O)OC(C)(C)C)[C@H](NC(=O)OCc1ccccc1)C(=O)OC(C)(C)C. The van der Waals surface area contributed by atoms with Crippen molar-refractivity contribution in [1.82, 2.24) is 16.0 Å². The van der Waals surface area contributed by atoms with Gasteiger partial charge in [0.15, 0.2) is 0 Å². The van der Waals surface area contributed by atoms with Crippen molar-refractivity contribution in [3.63, 3.8) is 0 Å². The maximum atomic E-state index is 13.2. The fourth-order valence-electron chi connectivity index (χ4n) is 3.28. The molecule has 0 aromatic heterocycles. The van der Waals surface area contributed by atoms with Crippen molar-refractivity contribution in [2.75, 3.05) is 6.54 Å². The lowest BCUT2D eigenvalue weighted by atomic mass is 9.95. The Kier molecular flexibility index (Phi) is 13.5. The molecular formula is C30H46N4O8. The van der Waals surface area contributed by atoms with Gasteiger partial charge < -0.3 is 24.3 Å². The predicted molar refractivity (Wildman–Crippen MR) is 159 cm³/mol. The molecule has 0 aliphatic carbocycles. The maximum Gasteiger partial charge on any atom is 0.414 e. The van der Waals surface area contributed by atoms with E-state index in [0.717, 1.165) is 5.56 Å². The maximum absolute atomic E-state index is 13.2. The van der Waals surface area contributed by atoms with E-state index in [9.17, 15) is 19.2 Å². The Morgan fingerprint density at radius 1 is 0.810 bits per heavy atom. The van der Waals surface area contributed by atoms with Gasteiger partial charge in [-0.25, -0.2) is 19.2 Å². The summed E-state index contributed by atoms with van der Waals surface area (Å²) in [5, 5.41) is 7.38. The third-order valence-electron chi connectivity index (χ3n) is 4.81. The van der Waals surface area contributed by atoms with Crippen molar-refractivity contribution in [1.29, 1.82) is 0 Å². The van der Waals surface area contributed by atoms with Crippen LogP contribution in [0.2, 0.25) is 0 Å². The molecule has 2 atom stereocenters. The summed E-state index contributed by atoms with van der Waals surface area (Å²) in [6, 6.07) is 7.85. The van der Waals surface area contributed by atoms with Gasteiger partial charge in [-0.1, -0.05) is 36.4 Å². The Bertz CT molecular complexity index is 1070. The van der Waals surface area contributed by atoms with Gasteiger partial charge in [0.2, 0.25) is 5.96 Å². The van der Waals surface area contributed by atoms with Crippen LogP contribution >= 0.6 is 0 Å². The molecule has 0 bridgehead atoms. The van der Waals surface area contributed by atoms with Gasteiger partial charge in [-0.05, 0) is 74.3 Å². The number of benzene rings is 1. The molecular weight excluding hydrogens is 544 g/mol. The van der Waals surface area contributed by atoms with Crippen LogP contribution in [0, 0.1) is 5.92 Å². The molecule has 0 heterocycles. The first kappa shape index (κ1) is 35.9.